The van der Waals surface area contributed by atoms with Gasteiger partial charge in [0.2, 0.25) is 5.91 Å². The molecule has 1 amide bonds. The normalized spacial score (nSPS) is 16.8. The van der Waals surface area contributed by atoms with Crippen LogP contribution >= 0.6 is 11.3 Å². The molecular formula is C22H25N3O2S. The van der Waals surface area contributed by atoms with Crippen LogP contribution in [0.2, 0.25) is 0 Å². The molecule has 1 aliphatic heterocycles. The van der Waals surface area contributed by atoms with Gasteiger partial charge in [-0.25, -0.2) is 4.98 Å². The van der Waals surface area contributed by atoms with Crippen LogP contribution in [0.5, 0.6) is 0 Å². The van der Waals surface area contributed by atoms with Gasteiger partial charge >= 0.3 is 0 Å². The molecule has 4 rings (SSSR count). The molecule has 3 aromatic rings. The number of carbonyl (C=O) groups is 1. The van der Waals surface area contributed by atoms with Crippen LogP contribution < -0.4 is 5.56 Å². The van der Waals surface area contributed by atoms with E-state index < -0.39 is 0 Å². The summed E-state index contributed by atoms with van der Waals surface area (Å²) in [4.78, 5) is 36.7. The number of hydrogen-bond donors (Lipinski definition) is 1. The molecule has 1 aliphatic rings. The Hall–Kier alpha value is -2.47. The van der Waals surface area contributed by atoms with Crippen LogP contribution in [0.1, 0.15) is 52.7 Å². The first kappa shape index (κ1) is 18.9. The van der Waals surface area contributed by atoms with Gasteiger partial charge in [-0.3, -0.25) is 9.59 Å². The zero-order valence-electron chi connectivity index (χ0n) is 16.5. The standard InChI is InChI=1S/C22H25N3O2S/c1-13-6-4-7-16(12-13)17-8-5-11-25(17)19(26)10-9-18-23-21(27)20-14(2)15(3)28-22(20)24-18/h4,6-7,12,17H,5,8-11H2,1-3H3,(H,23,24,27). The van der Waals surface area contributed by atoms with E-state index in [9.17, 15) is 9.59 Å². The summed E-state index contributed by atoms with van der Waals surface area (Å²) in [6.45, 7) is 6.83. The fourth-order valence-corrected chi connectivity index (χ4v) is 5.12. The molecule has 28 heavy (non-hydrogen) atoms. The number of nitrogens with one attached hydrogen (secondary N) is 1. The molecule has 0 spiro atoms. The van der Waals surface area contributed by atoms with Gasteiger partial charge < -0.3 is 9.88 Å². The van der Waals surface area contributed by atoms with Gasteiger partial charge in [-0.15, -0.1) is 11.3 Å². The number of nitrogens with zero attached hydrogens (tertiary/aromatic N) is 2. The second-order valence-corrected chi connectivity index (χ2v) is 8.84. The quantitative estimate of drug-likeness (QED) is 0.720. The Morgan fingerprint density at radius 2 is 2.14 bits per heavy atom. The van der Waals surface area contributed by atoms with Crippen LogP contribution in [-0.2, 0) is 11.2 Å². The molecule has 0 saturated carbocycles. The van der Waals surface area contributed by atoms with Gasteiger partial charge in [-0.05, 0) is 44.7 Å². The van der Waals surface area contributed by atoms with E-state index in [1.54, 1.807) is 0 Å². The maximum atomic E-state index is 12.9. The molecule has 6 heteroatoms. The zero-order valence-corrected chi connectivity index (χ0v) is 17.4. The molecule has 1 aromatic carbocycles. The first-order chi connectivity index (χ1) is 13.4. The lowest BCUT2D eigenvalue weighted by atomic mass is 10.0. The molecule has 1 atom stereocenters. The van der Waals surface area contributed by atoms with Gasteiger partial charge in [0.25, 0.3) is 5.56 Å². The molecule has 1 saturated heterocycles. The average Bonchev–Trinajstić information content (AvgIpc) is 3.25. The SMILES string of the molecule is Cc1cccc(C2CCCN2C(=O)CCc2nc3sc(C)c(C)c3c(=O)[nH]2)c1. The fraction of sp³-hybridized carbons (Fsp3) is 0.409. The summed E-state index contributed by atoms with van der Waals surface area (Å²) in [5.41, 5.74) is 3.32. The van der Waals surface area contributed by atoms with Crippen molar-refractivity contribution in [2.75, 3.05) is 6.54 Å². The van der Waals surface area contributed by atoms with Crippen LogP contribution in [0.3, 0.4) is 0 Å². The number of benzene rings is 1. The highest BCUT2D eigenvalue weighted by molar-refractivity contribution is 7.18. The molecule has 0 radical (unpaired) electrons. The lowest BCUT2D eigenvalue weighted by Gasteiger charge is -2.25. The maximum absolute atomic E-state index is 12.9. The summed E-state index contributed by atoms with van der Waals surface area (Å²) in [5.74, 6) is 0.726. The van der Waals surface area contributed by atoms with Gasteiger partial charge in [0, 0.05) is 24.3 Å². The van der Waals surface area contributed by atoms with Crippen molar-refractivity contribution in [1.82, 2.24) is 14.9 Å². The monoisotopic (exact) mass is 395 g/mol. The molecule has 5 nitrogen and oxygen atoms in total. The first-order valence-corrected chi connectivity index (χ1v) is 10.6. The van der Waals surface area contributed by atoms with Crippen molar-refractivity contribution >= 4 is 27.5 Å². The van der Waals surface area contributed by atoms with Crippen LogP contribution in [0.15, 0.2) is 29.1 Å². The van der Waals surface area contributed by atoms with Crippen LogP contribution in [-0.4, -0.2) is 27.3 Å². The molecule has 0 bridgehead atoms. The highest BCUT2D eigenvalue weighted by atomic mass is 32.1. The highest BCUT2D eigenvalue weighted by Crippen LogP contribution is 2.33. The number of aromatic nitrogens is 2. The van der Waals surface area contributed by atoms with Crippen molar-refractivity contribution in [3.05, 3.63) is 62.0 Å². The molecule has 3 heterocycles. The van der Waals surface area contributed by atoms with Gasteiger partial charge in [-0.1, -0.05) is 29.8 Å². The van der Waals surface area contributed by atoms with E-state index >= 15 is 0 Å². The summed E-state index contributed by atoms with van der Waals surface area (Å²) >= 11 is 1.54. The van der Waals surface area contributed by atoms with Gasteiger partial charge in [-0.2, -0.15) is 0 Å². The minimum Gasteiger partial charge on any atom is -0.336 e. The highest BCUT2D eigenvalue weighted by Gasteiger charge is 2.29. The maximum Gasteiger partial charge on any atom is 0.259 e. The van der Waals surface area contributed by atoms with Crippen molar-refractivity contribution in [3.63, 3.8) is 0 Å². The average molecular weight is 396 g/mol. The van der Waals surface area contributed by atoms with E-state index in [2.05, 4.69) is 41.2 Å². The summed E-state index contributed by atoms with van der Waals surface area (Å²) in [6, 6.07) is 8.57. The molecule has 1 fully saturated rings. The molecule has 1 unspecified atom stereocenters. The number of rotatable bonds is 4. The van der Waals surface area contributed by atoms with E-state index in [4.69, 9.17) is 0 Å². The third kappa shape index (κ3) is 3.49. The summed E-state index contributed by atoms with van der Waals surface area (Å²) in [7, 11) is 0. The molecule has 146 valence electrons. The topological polar surface area (TPSA) is 66.1 Å². The Morgan fingerprint density at radius 1 is 1.32 bits per heavy atom. The number of hydrogen-bond acceptors (Lipinski definition) is 4. The van der Waals surface area contributed by atoms with Crippen molar-refractivity contribution in [1.29, 1.82) is 0 Å². The lowest BCUT2D eigenvalue weighted by Crippen LogP contribution is -2.31. The van der Waals surface area contributed by atoms with Crippen molar-refractivity contribution in [3.8, 4) is 0 Å². The Bertz CT molecular complexity index is 1100. The second kappa shape index (κ2) is 7.51. The van der Waals surface area contributed by atoms with Crippen molar-refractivity contribution < 1.29 is 4.79 Å². The smallest absolute Gasteiger partial charge is 0.259 e. The lowest BCUT2D eigenvalue weighted by molar-refractivity contribution is -0.132. The summed E-state index contributed by atoms with van der Waals surface area (Å²) in [5, 5.41) is 0.677. The number of aromatic amines is 1. The second-order valence-electron chi connectivity index (χ2n) is 7.64. The Kier molecular flexibility index (Phi) is 5.06. The first-order valence-electron chi connectivity index (χ1n) is 9.79. The van der Waals surface area contributed by atoms with Crippen LogP contribution in [0.4, 0.5) is 0 Å². The van der Waals surface area contributed by atoms with Crippen molar-refractivity contribution in [2.45, 2.75) is 52.5 Å². The minimum atomic E-state index is -0.104. The summed E-state index contributed by atoms with van der Waals surface area (Å²) in [6.07, 6.45) is 2.85. The third-order valence-electron chi connectivity index (χ3n) is 5.66. The number of likely N-dealkylation sites (tertiary alicyclic amines) is 1. The molecular weight excluding hydrogens is 370 g/mol. The van der Waals surface area contributed by atoms with Gasteiger partial charge in [0.15, 0.2) is 0 Å². The Morgan fingerprint density at radius 3 is 2.93 bits per heavy atom. The number of aryl methyl sites for hydroxylation is 4. The number of thiophene rings is 1. The van der Waals surface area contributed by atoms with E-state index in [-0.39, 0.29) is 17.5 Å². The van der Waals surface area contributed by atoms with Crippen LogP contribution in [0.25, 0.3) is 10.2 Å². The van der Waals surface area contributed by atoms with Crippen molar-refractivity contribution in [2.24, 2.45) is 0 Å². The molecule has 1 N–H and O–H groups in total. The molecule has 0 aliphatic carbocycles. The third-order valence-corrected chi connectivity index (χ3v) is 6.76. The number of amides is 1. The zero-order chi connectivity index (χ0) is 19.8. The minimum absolute atomic E-state index is 0.104. The number of fused-ring (bicyclic) bond motifs is 1. The largest absolute Gasteiger partial charge is 0.336 e. The van der Waals surface area contributed by atoms with Gasteiger partial charge in [0.1, 0.15) is 10.7 Å². The van der Waals surface area contributed by atoms with E-state index in [1.165, 1.54) is 22.5 Å². The Balaban J connectivity index is 1.49. The van der Waals surface area contributed by atoms with Crippen LogP contribution in [0, 0.1) is 20.8 Å². The van der Waals surface area contributed by atoms with E-state index in [1.807, 2.05) is 18.7 Å². The number of carbonyl (C=O) groups excluding carboxylic acids is 1. The van der Waals surface area contributed by atoms with E-state index in [0.717, 1.165) is 34.7 Å². The van der Waals surface area contributed by atoms with E-state index in [0.29, 0.717) is 24.1 Å². The predicted octanol–water partition coefficient (Wildman–Crippen LogP) is 4.21. The number of H-pyrrole nitrogens is 1. The fourth-order valence-electron chi connectivity index (χ4n) is 4.08. The molecule has 2 aromatic heterocycles. The predicted molar refractivity (Wildman–Crippen MR) is 113 cm³/mol. The van der Waals surface area contributed by atoms with Gasteiger partial charge in [0.05, 0.1) is 11.4 Å². The summed E-state index contributed by atoms with van der Waals surface area (Å²) < 4.78 is 0. The Labute approximate surface area is 168 Å².